The van der Waals surface area contributed by atoms with Crippen molar-refractivity contribution in [2.45, 2.75) is 51.7 Å². The van der Waals surface area contributed by atoms with Crippen molar-refractivity contribution >= 4 is 18.3 Å². The van der Waals surface area contributed by atoms with Gasteiger partial charge in [0.05, 0.1) is 7.11 Å². The zero-order valence-corrected chi connectivity index (χ0v) is 15.1. The topological polar surface area (TPSA) is 59.6 Å². The van der Waals surface area contributed by atoms with Gasteiger partial charge >= 0.3 is 0 Å². The summed E-state index contributed by atoms with van der Waals surface area (Å²) in [7, 11) is 1.61. The Morgan fingerprint density at radius 3 is 2.57 bits per heavy atom. The van der Waals surface area contributed by atoms with E-state index in [9.17, 15) is 4.79 Å². The lowest BCUT2D eigenvalue weighted by Crippen LogP contribution is -2.43. The number of methoxy groups -OCH3 is 1. The molecule has 1 aromatic rings. The van der Waals surface area contributed by atoms with Crippen LogP contribution in [0.5, 0.6) is 11.5 Å². The molecule has 0 aliphatic heterocycles. The van der Waals surface area contributed by atoms with E-state index >= 15 is 0 Å². The minimum absolute atomic E-state index is 0. The average molecular weight is 343 g/mol. The van der Waals surface area contributed by atoms with E-state index in [1.54, 1.807) is 7.11 Å². The van der Waals surface area contributed by atoms with Crippen molar-refractivity contribution in [3.8, 4) is 11.5 Å². The molecule has 0 heterocycles. The monoisotopic (exact) mass is 342 g/mol. The van der Waals surface area contributed by atoms with Gasteiger partial charge in [-0.05, 0) is 39.7 Å². The second-order valence-corrected chi connectivity index (χ2v) is 6.69. The first-order valence-corrected chi connectivity index (χ1v) is 7.72. The summed E-state index contributed by atoms with van der Waals surface area (Å²) in [5, 5.41) is 6.34. The second kappa shape index (κ2) is 8.41. The standard InChI is InChI=1S/C17H26N2O3.ClH/c1-17(2,3)19-15(20)11-22-16-12(10-18-13-8-9-13)6-5-7-14(16)21-4;/h5-7,13,18H,8-11H2,1-4H3,(H,19,20);1H. The zero-order chi connectivity index (χ0) is 16.2. The summed E-state index contributed by atoms with van der Waals surface area (Å²) in [5.74, 6) is 1.15. The van der Waals surface area contributed by atoms with Crippen LogP contribution in [-0.2, 0) is 11.3 Å². The molecule has 1 aromatic carbocycles. The minimum Gasteiger partial charge on any atom is -0.493 e. The minimum atomic E-state index is -0.266. The number of benzene rings is 1. The van der Waals surface area contributed by atoms with Crippen LogP contribution in [0.3, 0.4) is 0 Å². The van der Waals surface area contributed by atoms with E-state index in [1.165, 1.54) is 12.8 Å². The first-order valence-electron chi connectivity index (χ1n) is 7.72. The largest absolute Gasteiger partial charge is 0.493 e. The summed E-state index contributed by atoms with van der Waals surface area (Å²) in [4.78, 5) is 11.9. The van der Waals surface area contributed by atoms with Crippen molar-refractivity contribution in [1.82, 2.24) is 10.6 Å². The number of ether oxygens (including phenoxy) is 2. The Labute approximate surface area is 144 Å². The molecule has 2 N–H and O–H groups in total. The number of halogens is 1. The molecule has 0 aromatic heterocycles. The Hall–Kier alpha value is -1.46. The number of hydrogen-bond donors (Lipinski definition) is 2. The maximum atomic E-state index is 11.9. The molecule has 0 spiro atoms. The zero-order valence-electron chi connectivity index (χ0n) is 14.3. The highest BCUT2D eigenvalue weighted by atomic mass is 35.5. The number of carbonyl (C=O) groups is 1. The van der Waals surface area contributed by atoms with Crippen LogP contribution in [0.1, 0.15) is 39.2 Å². The van der Waals surface area contributed by atoms with E-state index < -0.39 is 0 Å². The molecule has 0 unspecified atom stereocenters. The Bertz CT molecular complexity index is 525. The lowest BCUT2D eigenvalue weighted by Gasteiger charge is -2.21. The molecular formula is C17H27ClN2O3. The maximum Gasteiger partial charge on any atom is 0.258 e. The molecule has 6 heteroatoms. The summed E-state index contributed by atoms with van der Waals surface area (Å²) in [6.45, 7) is 6.53. The van der Waals surface area contributed by atoms with Gasteiger partial charge in [0.1, 0.15) is 0 Å². The van der Waals surface area contributed by atoms with Crippen LogP contribution in [-0.4, -0.2) is 31.2 Å². The van der Waals surface area contributed by atoms with E-state index in [0.29, 0.717) is 17.5 Å². The van der Waals surface area contributed by atoms with Gasteiger partial charge in [-0.2, -0.15) is 0 Å². The van der Waals surface area contributed by atoms with Crippen LogP contribution in [0.2, 0.25) is 0 Å². The van der Waals surface area contributed by atoms with Gasteiger partial charge in [-0.3, -0.25) is 4.79 Å². The van der Waals surface area contributed by atoms with Crippen molar-refractivity contribution in [1.29, 1.82) is 0 Å². The highest BCUT2D eigenvalue weighted by Gasteiger charge is 2.22. The smallest absolute Gasteiger partial charge is 0.258 e. The molecule has 23 heavy (non-hydrogen) atoms. The van der Waals surface area contributed by atoms with Crippen LogP contribution in [0.25, 0.3) is 0 Å². The van der Waals surface area contributed by atoms with Gasteiger partial charge in [-0.1, -0.05) is 12.1 Å². The van der Waals surface area contributed by atoms with Gasteiger partial charge in [0.15, 0.2) is 18.1 Å². The summed E-state index contributed by atoms with van der Waals surface area (Å²) < 4.78 is 11.1. The molecule has 1 saturated carbocycles. The van der Waals surface area contributed by atoms with Crippen molar-refractivity contribution in [3.63, 3.8) is 0 Å². The molecule has 1 aliphatic carbocycles. The van der Waals surface area contributed by atoms with Crippen molar-refractivity contribution < 1.29 is 14.3 Å². The van der Waals surface area contributed by atoms with Gasteiger partial charge in [0.2, 0.25) is 0 Å². The second-order valence-electron chi connectivity index (χ2n) is 6.69. The van der Waals surface area contributed by atoms with Crippen LogP contribution >= 0.6 is 12.4 Å². The predicted molar refractivity (Wildman–Crippen MR) is 93.5 cm³/mol. The first-order chi connectivity index (χ1) is 10.4. The van der Waals surface area contributed by atoms with Gasteiger partial charge in [-0.25, -0.2) is 0 Å². The Morgan fingerprint density at radius 1 is 1.30 bits per heavy atom. The lowest BCUT2D eigenvalue weighted by molar-refractivity contribution is -0.124. The Kier molecular flexibility index (Phi) is 7.16. The maximum absolute atomic E-state index is 11.9. The van der Waals surface area contributed by atoms with Gasteiger partial charge in [-0.15, -0.1) is 12.4 Å². The molecular weight excluding hydrogens is 316 g/mol. The number of para-hydroxylation sites is 1. The van der Waals surface area contributed by atoms with Crippen LogP contribution in [0.4, 0.5) is 0 Å². The Morgan fingerprint density at radius 2 is 2.00 bits per heavy atom. The van der Waals surface area contributed by atoms with Gasteiger partial charge < -0.3 is 20.1 Å². The van der Waals surface area contributed by atoms with E-state index in [2.05, 4.69) is 10.6 Å². The van der Waals surface area contributed by atoms with Gasteiger partial charge in [0.25, 0.3) is 5.91 Å². The third-order valence-electron chi connectivity index (χ3n) is 3.30. The highest BCUT2D eigenvalue weighted by Crippen LogP contribution is 2.31. The average Bonchev–Trinajstić information content (AvgIpc) is 3.25. The Balaban J connectivity index is 0.00000264. The highest BCUT2D eigenvalue weighted by molar-refractivity contribution is 5.85. The van der Waals surface area contributed by atoms with Gasteiger partial charge in [0, 0.05) is 23.7 Å². The molecule has 130 valence electrons. The van der Waals surface area contributed by atoms with Crippen LogP contribution in [0, 0.1) is 0 Å². The summed E-state index contributed by atoms with van der Waals surface area (Å²) >= 11 is 0. The fourth-order valence-corrected chi connectivity index (χ4v) is 2.16. The van der Waals surface area contributed by atoms with E-state index in [4.69, 9.17) is 9.47 Å². The number of amides is 1. The normalized spacial score (nSPS) is 13.9. The van der Waals surface area contributed by atoms with Crippen LogP contribution < -0.4 is 20.1 Å². The van der Waals surface area contributed by atoms with Crippen LogP contribution in [0.15, 0.2) is 18.2 Å². The predicted octanol–water partition coefficient (Wildman–Crippen LogP) is 2.66. The van der Waals surface area contributed by atoms with Crippen molar-refractivity contribution in [3.05, 3.63) is 23.8 Å². The van der Waals surface area contributed by atoms with Crippen molar-refractivity contribution in [2.75, 3.05) is 13.7 Å². The molecule has 5 nitrogen and oxygen atoms in total. The number of carbonyl (C=O) groups excluding carboxylic acids is 1. The van der Waals surface area contributed by atoms with Crippen molar-refractivity contribution in [2.24, 2.45) is 0 Å². The third-order valence-corrected chi connectivity index (χ3v) is 3.30. The molecule has 0 atom stereocenters. The molecule has 2 rings (SSSR count). The summed E-state index contributed by atoms with van der Waals surface area (Å²) in [5.41, 5.74) is 0.743. The van der Waals surface area contributed by atoms with E-state index in [-0.39, 0.29) is 30.5 Å². The quantitative estimate of drug-likeness (QED) is 0.799. The third kappa shape index (κ3) is 6.67. The molecule has 0 bridgehead atoms. The number of rotatable bonds is 7. The molecule has 1 aliphatic rings. The van der Waals surface area contributed by atoms with E-state index in [1.807, 2.05) is 39.0 Å². The molecule has 1 fully saturated rings. The SMILES string of the molecule is COc1cccc(CNC2CC2)c1OCC(=O)NC(C)(C)C.Cl. The molecule has 0 saturated heterocycles. The first kappa shape index (κ1) is 19.6. The fourth-order valence-electron chi connectivity index (χ4n) is 2.16. The lowest BCUT2D eigenvalue weighted by atomic mass is 10.1. The summed E-state index contributed by atoms with van der Waals surface area (Å²) in [6.07, 6.45) is 2.46. The molecule has 1 amide bonds. The number of hydrogen-bond acceptors (Lipinski definition) is 4. The number of nitrogens with one attached hydrogen (secondary N) is 2. The fraction of sp³-hybridized carbons (Fsp3) is 0.588. The molecule has 0 radical (unpaired) electrons. The summed E-state index contributed by atoms with van der Waals surface area (Å²) in [6, 6.07) is 6.39. The van der Waals surface area contributed by atoms with E-state index in [0.717, 1.165) is 12.1 Å².